The summed E-state index contributed by atoms with van der Waals surface area (Å²) in [5.41, 5.74) is 1.07. The summed E-state index contributed by atoms with van der Waals surface area (Å²) in [7, 11) is 1.53. The molecule has 3 amide bonds. The molecule has 10 heteroatoms. The minimum absolute atomic E-state index is 0.125. The molecule has 0 bridgehead atoms. The first kappa shape index (κ1) is 25.4. The number of nitrogens with one attached hydrogen (secondary N) is 1. The molecule has 2 aromatic rings. The minimum Gasteiger partial charge on any atom is -0.454 e. The van der Waals surface area contributed by atoms with Crippen LogP contribution in [0.25, 0.3) is 0 Å². The Morgan fingerprint density at radius 3 is 2.67 bits per heavy atom. The van der Waals surface area contributed by atoms with E-state index >= 15 is 0 Å². The second kappa shape index (κ2) is 10.5. The van der Waals surface area contributed by atoms with Crippen LogP contribution in [-0.2, 0) is 9.53 Å². The largest absolute Gasteiger partial charge is 0.454 e. The van der Waals surface area contributed by atoms with E-state index in [1.807, 2.05) is 32.9 Å². The Morgan fingerprint density at radius 2 is 1.94 bits per heavy atom. The van der Waals surface area contributed by atoms with Gasteiger partial charge in [0.1, 0.15) is 12.4 Å². The summed E-state index contributed by atoms with van der Waals surface area (Å²) in [4.78, 5) is 27.9. The number of halogens is 1. The number of amides is 3. The van der Waals surface area contributed by atoms with E-state index in [1.54, 1.807) is 24.3 Å². The van der Waals surface area contributed by atoms with Gasteiger partial charge in [-0.25, -0.2) is 14.2 Å². The highest BCUT2D eigenvalue weighted by atomic mass is 19.1. The van der Waals surface area contributed by atoms with Gasteiger partial charge in [0, 0.05) is 31.2 Å². The average molecular weight is 499 g/mol. The molecule has 4 rings (SSSR count). The molecule has 0 saturated carbocycles. The summed E-state index contributed by atoms with van der Waals surface area (Å²) in [6.45, 7) is 5.98. The lowest BCUT2D eigenvalue weighted by molar-refractivity contribution is -0.133. The molecular formula is C26H31FN4O5. The Labute approximate surface area is 209 Å². The fourth-order valence-corrected chi connectivity index (χ4v) is 4.07. The predicted octanol–water partition coefficient (Wildman–Crippen LogP) is 3.69. The Morgan fingerprint density at radius 1 is 1.19 bits per heavy atom. The first-order chi connectivity index (χ1) is 17.2. The number of benzene rings is 2. The third-order valence-electron chi connectivity index (χ3n) is 5.79. The van der Waals surface area contributed by atoms with Crippen molar-refractivity contribution in [3.63, 3.8) is 0 Å². The van der Waals surface area contributed by atoms with Crippen LogP contribution in [0.1, 0.15) is 44.4 Å². The Kier molecular flexibility index (Phi) is 7.44. The van der Waals surface area contributed by atoms with Crippen LogP contribution in [0.4, 0.5) is 9.18 Å². The number of carbonyl (C=O) groups is 2. The normalized spacial score (nSPS) is 16.6. The number of hydrazone groups is 1. The quantitative estimate of drug-likeness (QED) is 0.629. The van der Waals surface area contributed by atoms with Crippen molar-refractivity contribution in [3.05, 3.63) is 59.4 Å². The zero-order valence-corrected chi connectivity index (χ0v) is 20.9. The lowest BCUT2D eigenvalue weighted by Crippen LogP contribution is -2.52. The van der Waals surface area contributed by atoms with E-state index in [0.717, 1.165) is 5.56 Å². The Balaban J connectivity index is 1.63. The molecule has 1 N–H and O–H groups in total. The van der Waals surface area contributed by atoms with Gasteiger partial charge in [-0.3, -0.25) is 4.79 Å². The number of hydrogen-bond acceptors (Lipinski definition) is 6. The number of nitrogens with zero attached hydrogens (tertiary/aromatic N) is 3. The highest BCUT2D eigenvalue weighted by molar-refractivity contribution is 6.03. The van der Waals surface area contributed by atoms with Crippen LogP contribution < -0.4 is 14.8 Å². The highest BCUT2D eigenvalue weighted by Gasteiger charge is 2.36. The smallest absolute Gasteiger partial charge is 0.318 e. The van der Waals surface area contributed by atoms with Gasteiger partial charge in [-0.05, 0) is 44.5 Å². The van der Waals surface area contributed by atoms with Crippen molar-refractivity contribution in [3.8, 4) is 11.5 Å². The number of fused-ring (bicyclic) bond motifs is 1. The van der Waals surface area contributed by atoms with Crippen molar-refractivity contribution < 1.29 is 28.2 Å². The zero-order chi connectivity index (χ0) is 25.9. The molecule has 2 aromatic carbocycles. The molecule has 9 nitrogen and oxygen atoms in total. The molecule has 36 heavy (non-hydrogen) atoms. The molecule has 0 radical (unpaired) electrons. The first-order valence-corrected chi connectivity index (χ1v) is 11.8. The molecule has 0 fully saturated rings. The van der Waals surface area contributed by atoms with E-state index in [-0.39, 0.29) is 32.5 Å². The van der Waals surface area contributed by atoms with Crippen molar-refractivity contribution in [2.45, 2.75) is 38.8 Å². The lowest BCUT2D eigenvalue weighted by Gasteiger charge is -2.30. The monoisotopic (exact) mass is 498 g/mol. The number of carbonyl (C=O) groups excluding carboxylic acids is 2. The van der Waals surface area contributed by atoms with Gasteiger partial charge in [0.25, 0.3) is 5.91 Å². The molecule has 0 saturated heterocycles. The van der Waals surface area contributed by atoms with Crippen LogP contribution in [0.15, 0.2) is 47.6 Å². The van der Waals surface area contributed by atoms with Gasteiger partial charge in [-0.15, -0.1) is 0 Å². The summed E-state index contributed by atoms with van der Waals surface area (Å²) < 4.78 is 30.7. The van der Waals surface area contributed by atoms with Crippen molar-refractivity contribution in [2.24, 2.45) is 5.10 Å². The molecule has 2 heterocycles. The first-order valence-electron chi connectivity index (χ1n) is 11.8. The SMILES string of the molecule is COCCN(CC(=O)N1N=C(c2ccccc2F)CC1c1ccc2c(c1)OCO2)C(=O)NC(C)(C)C. The molecule has 0 spiro atoms. The third-order valence-corrected chi connectivity index (χ3v) is 5.79. The molecule has 0 aromatic heterocycles. The lowest BCUT2D eigenvalue weighted by atomic mass is 9.97. The van der Waals surface area contributed by atoms with Gasteiger partial charge >= 0.3 is 6.03 Å². The van der Waals surface area contributed by atoms with Crippen LogP contribution in [0.3, 0.4) is 0 Å². The van der Waals surface area contributed by atoms with Crippen LogP contribution in [0.5, 0.6) is 11.5 Å². The molecule has 0 aliphatic carbocycles. The highest BCUT2D eigenvalue weighted by Crippen LogP contribution is 2.39. The second-order valence-electron chi connectivity index (χ2n) is 9.69. The van der Waals surface area contributed by atoms with Crippen LogP contribution in [-0.4, -0.2) is 66.7 Å². The van der Waals surface area contributed by atoms with Crippen molar-refractivity contribution in [1.82, 2.24) is 15.2 Å². The molecule has 1 atom stereocenters. The molecule has 192 valence electrons. The van der Waals surface area contributed by atoms with Crippen molar-refractivity contribution in [2.75, 3.05) is 33.6 Å². The van der Waals surface area contributed by atoms with Crippen LogP contribution in [0.2, 0.25) is 0 Å². The molecular weight excluding hydrogens is 467 g/mol. The summed E-state index contributed by atoms with van der Waals surface area (Å²) in [6.07, 6.45) is 0.304. The van der Waals surface area contributed by atoms with Crippen LogP contribution >= 0.6 is 0 Å². The van der Waals surface area contributed by atoms with Gasteiger partial charge in [0.15, 0.2) is 11.5 Å². The summed E-state index contributed by atoms with van der Waals surface area (Å²) >= 11 is 0. The number of ether oxygens (including phenoxy) is 3. The van der Waals surface area contributed by atoms with Gasteiger partial charge in [-0.1, -0.05) is 24.3 Å². The number of hydrogen-bond donors (Lipinski definition) is 1. The van der Waals surface area contributed by atoms with Crippen molar-refractivity contribution in [1.29, 1.82) is 0 Å². The maximum Gasteiger partial charge on any atom is 0.318 e. The number of rotatable bonds is 7. The van der Waals surface area contributed by atoms with Gasteiger partial charge in [-0.2, -0.15) is 5.10 Å². The van der Waals surface area contributed by atoms with Crippen LogP contribution in [0, 0.1) is 5.82 Å². The third kappa shape index (κ3) is 5.76. The van der Waals surface area contributed by atoms with Gasteiger partial charge in [0.2, 0.25) is 6.79 Å². The van der Waals surface area contributed by atoms with E-state index in [0.29, 0.717) is 29.2 Å². The summed E-state index contributed by atoms with van der Waals surface area (Å²) in [5.74, 6) is 0.380. The van der Waals surface area contributed by atoms with Crippen molar-refractivity contribution >= 4 is 17.6 Å². The van der Waals surface area contributed by atoms with E-state index in [2.05, 4.69) is 10.4 Å². The topological polar surface area (TPSA) is 92.7 Å². The van der Waals surface area contributed by atoms with E-state index in [4.69, 9.17) is 14.2 Å². The maximum atomic E-state index is 14.6. The van der Waals surface area contributed by atoms with Gasteiger partial charge < -0.3 is 24.4 Å². The van der Waals surface area contributed by atoms with E-state index < -0.39 is 23.3 Å². The Hall–Kier alpha value is -3.66. The standard InChI is InChI=1S/C26H31FN4O5/c1-26(2,3)28-25(33)30(11-12-34-4)15-24(32)31-21(17-9-10-22-23(13-17)36-16-35-22)14-20(29-31)18-7-5-6-8-19(18)27/h5-10,13,21H,11-12,14-16H2,1-4H3,(H,28,33). The van der Waals surface area contributed by atoms with E-state index in [9.17, 15) is 14.0 Å². The fourth-order valence-electron chi connectivity index (χ4n) is 4.07. The second-order valence-corrected chi connectivity index (χ2v) is 9.69. The summed E-state index contributed by atoms with van der Waals surface area (Å²) in [6, 6.07) is 10.9. The molecule has 2 aliphatic rings. The fraction of sp³-hybridized carbons (Fsp3) is 0.423. The van der Waals surface area contributed by atoms with Gasteiger partial charge in [0.05, 0.1) is 18.4 Å². The number of methoxy groups -OCH3 is 1. The number of urea groups is 1. The predicted molar refractivity (Wildman–Crippen MR) is 131 cm³/mol. The Bertz CT molecular complexity index is 1160. The minimum atomic E-state index is -0.503. The molecule has 1 unspecified atom stereocenters. The maximum absolute atomic E-state index is 14.6. The zero-order valence-electron chi connectivity index (χ0n) is 20.9. The molecule has 2 aliphatic heterocycles. The van der Waals surface area contributed by atoms with E-state index in [1.165, 1.54) is 23.1 Å². The summed E-state index contributed by atoms with van der Waals surface area (Å²) in [5, 5.41) is 8.76. The average Bonchev–Trinajstić information content (AvgIpc) is 3.47.